The smallest absolute Gasteiger partial charge is 0.123 e. The highest BCUT2D eigenvalue weighted by atomic mass is 35.5. The van der Waals surface area contributed by atoms with Gasteiger partial charge in [0.2, 0.25) is 0 Å². The Kier molecular flexibility index (Phi) is 3.42. The molecule has 0 saturated heterocycles. The maximum Gasteiger partial charge on any atom is 0.123 e. The maximum atomic E-state index is 13.3. The van der Waals surface area contributed by atoms with Crippen molar-refractivity contribution in [1.29, 1.82) is 0 Å². The van der Waals surface area contributed by atoms with Crippen LogP contribution in [0, 0.1) is 12.7 Å². The molecule has 1 atom stereocenters. The molecule has 2 aromatic carbocycles. The van der Waals surface area contributed by atoms with Crippen molar-refractivity contribution in [1.82, 2.24) is 0 Å². The molecule has 0 aromatic heterocycles. The molecule has 0 aliphatic carbocycles. The van der Waals surface area contributed by atoms with Crippen molar-refractivity contribution in [3.05, 3.63) is 70.0 Å². The van der Waals surface area contributed by atoms with E-state index < -0.39 is 11.4 Å². The molecule has 0 heterocycles. The van der Waals surface area contributed by atoms with Crippen molar-refractivity contribution in [2.24, 2.45) is 0 Å². The van der Waals surface area contributed by atoms with Gasteiger partial charge >= 0.3 is 0 Å². The summed E-state index contributed by atoms with van der Waals surface area (Å²) < 4.78 is 13.3. The number of rotatable bonds is 2. The first kappa shape index (κ1) is 13.1. The van der Waals surface area contributed by atoms with E-state index in [2.05, 4.69) is 0 Å². The second-order valence-electron chi connectivity index (χ2n) is 4.57. The zero-order valence-electron chi connectivity index (χ0n) is 10.2. The van der Waals surface area contributed by atoms with E-state index in [-0.39, 0.29) is 0 Å². The molecule has 0 radical (unpaired) electrons. The van der Waals surface area contributed by atoms with Crippen LogP contribution < -0.4 is 0 Å². The topological polar surface area (TPSA) is 20.2 Å². The lowest BCUT2D eigenvalue weighted by molar-refractivity contribution is 0.102. The van der Waals surface area contributed by atoms with E-state index in [1.165, 1.54) is 18.2 Å². The molecule has 94 valence electrons. The normalized spacial score (nSPS) is 14.3. The fourth-order valence-electron chi connectivity index (χ4n) is 1.97. The molecule has 1 nitrogen and oxygen atoms in total. The van der Waals surface area contributed by atoms with E-state index in [0.29, 0.717) is 16.1 Å². The minimum absolute atomic E-state index is 0.350. The van der Waals surface area contributed by atoms with Gasteiger partial charge in [-0.3, -0.25) is 0 Å². The first-order valence-electron chi connectivity index (χ1n) is 5.66. The number of hydrogen-bond donors (Lipinski definition) is 1. The standard InChI is InChI=1S/C15H14ClFO/c1-10-4-3-5-11(8-10)15(2,18)13-9-12(17)6-7-14(13)16/h3-9,18H,1-2H3. The Labute approximate surface area is 111 Å². The maximum absolute atomic E-state index is 13.3. The molecule has 0 aliphatic heterocycles. The van der Waals surface area contributed by atoms with Gasteiger partial charge < -0.3 is 5.11 Å². The minimum Gasteiger partial charge on any atom is -0.381 e. The minimum atomic E-state index is -1.31. The molecular weight excluding hydrogens is 251 g/mol. The average Bonchev–Trinajstić information content (AvgIpc) is 2.32. The van der Waals surface area contributed by atoms with Gasteiger partial charge in [0.25, 0.3) is 0 Å². The number of aryl methyl sites for hydroxylation is 1. The van der Waals surface area contributed by atoms with Gasteiger partial charge in [0.1, 0.15) is 11.4 Å². The molecule has 0 spiro atoms. The first-order valence-corrected chi connectivity index (χ1v) is 6.04. The Bertz CT molecular complexity index is 578. The first-order chi connectivity index (χ1) is 8.41. The molecule has 0 bridgehead atoms. The average molecular weight is 265 g/mol. The SMILES string of the molecule is Cc1cccc(C(C)(O)c2cc(F)ccc2Cl)c1. The van der Waals surface area contributed by atoms with Gasteiger partial charge in [-0.25, -0.2) is 4.39 Å². The van der Waals surface area contributed by atoms with Gasteiger partial charge in [-0.2, -0.15) is 0 Å². The van der Waals surface area contributed by atoms with E-state index in [0.717, 1.165) is 5.56 Å². The van der Waals surface area contributed by atoms with E-state index >= 15 is 0 Å². The Hall–Kier alpha value is -1.38. The van der Waals surface area contributed by atoms with Crippen LogP contribution in [0.1, 0.15) is 23.6 Å². The van der Waals surface area contributed by atoms with Crippen molar-refractivity contribution in [3.63, 3.8) is 0 Å². The third-order valence-corrected chi connectivity index (χ3v) is 3.36. The van der Waals surface area contributed by atoms with E-state index in [1.54, 1.807) is 13.0 Å². The molecule has 0 fully saturated rings. The van der Waals surface area contributed by atoms with Crippen LogP contribution in [0.5, 0.6) is 0 Å². The highest BCUT2D eigenvalue weighted by molar-refractivity contribution is 6.31. The third-order valence-electron chi connectivity index (χ3n) is 3.03. The quantitative estimate of drug-likeness (QED) is 0.868. The molecule has 1 N–H and O–H groups in total. The van der Waals surface area contributed by atoms with E-state index in [4.69, 9.17) is 11.6 Å². The fourth-order valence-corrected chi connectivity index (χ4v) is 2.28. The predicted octanol–water partition coefficient (Wildman–Crippen LogP) is 4.04. The summed E-state index contributed by atoms with van der Waals surface area (Å²) in [7, 11) is 0. The summed E-state index contributed by atoms with van der Waals surface area (Å²) in [6, 6.07) is 11.5. The Morgan fingerprint density at radius 1 is 1.17 bits per heavy atom. The van der Waals surface area contributed by atoms with Gasteiger partial charge in [-0.15, -0.1) is 0 Å². The van der Waals surface area contributed by atoms with Crippen LogP contribution in [0.25, 0.3) is 0 Å². The Morgan fingerprint density at radius 2 is 1.89 bits per heavy atom. The molecule has 18 heavy (non-hydrogen) atoms. The molecule has 0 saturated carbocycles. The van der Waals surface area contributed by atoms with Crippen molar-refractivity contribution >= 4 is 11.6 Å². The fraction of sp³-hybridized carbons (Fsp3) is 0.200. The van der Waals surface area contributed by atoms with Gasteiger partial charge in [-0.05, 0) is 37.6 Å². The van der Waals surface area contributed by atoms with Gasteiger partial charge in [0.05, 0.1) is 0 Å². The molecule has 3 heteroatoms. The summed E-state index contributed by atoms with van der Waals surface area (Å²) in [4.78, 5) is 0. The zero-order chi connectivity index (χ0) is 13.3. The second kappa shape index (κ2) is 4.71. The van der Waals surface area contributed by atoms with E-state index in [9.17, 15) is 9.50 Å². The molecule has 0 amide bonds. The van der Waals surface area contributed by atoms with Crippen LogP contribution in [0.3, 0.4) is 0 Å². The monoisotopic (exact) mass is 264 g/mol. The summed E-state index contributed by atoms with van der Waals surface area (Å²) in [5, 5.41) is 11.0. The molecule has 2 rings (SSSR count). The van der Waals surface area contributed by atoms with Gasteiger partial charge in [-0.1, -0.05) is 41.4 Å². The second-order valence-corrected chi connectivity index (χ2v) is 4.97. The van der Waals surface area contributed by atoms with Crippen molar-refractivity contribution < 1.29 is 9.50 Å². The summed E-state index contributed by atoms with van der Waals surface area (Å²) >= 11 is 6.04. The summed E-state index contributed by atoms with van der Waals surface area (Å²) in [6.07, 6.45) is 0. The van der Waals surface area contributed by atoms with Crippen LogP contribution in [0.2, 0.25) is 5.02 Å². The number of hydrogen-bond acceptors (Lipinski definition) is 1. The molecular formula is C15H14ClFO. The van der Waals surface area contributed by atoms with Crippen molar-refractivity contribution in [3.8, 4) is 0 Å². The predicted molar refractivity (Wildman–Crippen MR) is 71.3 cm³/mol. The lowest BCUT2D eigenvalue weighted by Gasteiger charge is -2.26. The molecule has 2 aromatic rings. The molecule has 1 unspecified atom stereocenters. The van der Waals surface area contributed by atoms with Gasteiger partial charge in [0.15, 0.2) is 0 Å². The van der Waals surface area contributed by atoms with Crippen LogP contribution in [0.15, 0.2) is 42.5 Å². The van der Waals surface area contributed by atoms with Crippen LogP contribution in [-0.2, 0) is 5.60 Å². The summed E-state index contributed by atoms with van der Waals surface area (Å²) in [5.74, 6) is -0.415. The van der Waals surface area contributed by atoms with Crippen LogP contribution in [0.4, 0.5) is 4.39 Å². The largest absolute Gasteiger partial charge is 0.381 e. The highest BCUT2D eigenvalue weighted by Gasteiger charge is 2.28. The number of benzene rings is 2. The Morgan fingerprint density at radius 3 is 2.56 bits per heavy atom. The van der Waals surface area contributed by atoms with Gasteiger partial charge in [0, 0.05) is 10.6 Å². The lowest BCUT2D eigenvalue weighted by atomic mass is 9.87. The van der Waals surface area contributed by atoms with Crippen molar-refractivity contribution in [2.75, 3.05) is 0 Å². The summed E-state index contributed by atoms with van der Waals surface area (Å²) in [5.41, 5.74) is 0.774. The zero-order valence-corrected chi connectivity index (χ0v) is 11.0. The van der Waals surface area contributed by atoms with Crippen LogP contribution in [-0.4, -0.2) is 5.11 Å². The highest BCUT2D eigenvalue weighted by Crippen LogP contribution is 2.34. The van der Waals surface area contributed by atoms with E-state index in [1.807, 2.05) is 25.1 Å². The summed E-state index contributed by atoms with van der Waals surface area (Å²) in [6.45, 7) is 3.55. The Balaban J connectivity index is 2.57. The molecule has 0 aliphatic rings. The lowest BCUT2D eigenvalue weighted by Crippen LogP contribution is -2.23. The number of halogens is 2. The van der Waals surface area contributed by atoms with Crippen molar-refractivity contribution in [2.45, 2.75) is 19.4 Å². The number of aliphatic hydroxyl groups is 1. The van der Waals surface area contributed by atoms with Crippen LogP contribution >= 0.6 is 11.6 Å². The third kappa shape index (κ3) is 2.40.